The van der Waals surface area contributed by atoms with Gasteiger partial charge in [-0.2, -0.15) is 0 Å². The summed E-state index contributed by atoms with van der Waals surface area (Å²) in [7, 11) is 0. The van der Waals surface area contributed by atoms with Gasteiger partial charge in [-0.05, 0) is 51.2 Å². The van der Waals surface area contributed by atoms with Crippen molar-refractivity contribution in [1.82, 2.24) is 4.90 Å². The summed E-state index contributed by atoms with van der Waals surface area (Å²) in [6.45, 7) is 7.53. The molecule has 0 radical (unpaired) electrons. The van der Waals surface area contributed by atoms with Crippen molar-refractivity contribution in [3.63, 3.8) is 0 Å². The van der Waals surface area contributed by atoms with Gasteiger partial charge in [0, 0.05) is 6.54 Å². The van der Waals surface area contributed by atoms with Crippen LogP contribution < -0.4 is 0 Å². The zero-order valence-electron chi connectivity index (χ0n) is 13.5. The van der Waals surface area contributed by atoms with Crippen molar-refractivity contribution in [2.45, 2.75) is 45.8 Å². The highest BCUT2D eigenvalue weighted by Gasteiger charge is 2.37. The second kappa shape index (κ2) is 6.23. The molecule has 116 valence electrons. The summed E-state index contributed by atoms with van der Waals surface area (Å²) in [4.78, 5) is 26.4. The monoisotopic (exact) mass is 299 g/mol. The average molecular weight is 299 g/mol. The Balaban J connectivity index is 2.42. The molecular weight excluding hydrogens is 278 g/mol. The first-order valence-corrected chi connectivity index (χ1v) is 7.37. The lowest BCUT2D eigenvalue weighted by molar-refractivity contribution is -0.164. The number of ether oxygens (including phenoxy) is 1. The highest BCUT2D eigenvalue weighted by atomic mass is 16.6. The molecule has 22 heavy (non-hydrogen) atoms. The van der Waals surface area contributed by atoms with E-state index in [4.69, 9.17) is 4.74 Å². The lowest BCUT2D eigenvalue weighted by Crippen LogP contribution is -2.45. The van der Waals surface area contributed by atoms with Crippen LogP contribution in [0.2, 0.25) is 0 Å². The summed E-state index contributed by atoms with van der Waals surface area (Å²) < 4.78 is 5.51. The van der Waals surface area contributed by atoms with Crippen LogP contribution in [0.3, 0.4) is 0 Å². The van der Waals surface area contributed by atoms with Crippen LogP contribution in [0.1, 0.15) is 44.9 Å². The van der Waals surface area contributed by atoms with Gasteiger partial charge in [-0.25, -0.2) is 4.79 Å². The predicted molar refractivity (Wildman–Crippen MR) is 83.9 cm³/mol. The summed E-state index contributed by atoms with van der Waals surface area (Å²) in [5, 5.41) is 0. The molecule has 0 bridgehead atoms. The number of nitrogens with zero attached hydrogens (tertiary/aromatic N) is 1. The zero-order valence-corrected chi connectivity index (χ0v) is 13.5. The molecule has 1 amide bonds. The number of benzene rings is 1. The maximum absolute atomic E-state index is 12.6. The summed E-state index contributed by atoms with van der Waals surface area (Å²) in [6, 6.07) is 6.95. The van der Waals surface area contributed by atoms with Crippen molar-refractivity contribution in [1.29, 1.82) is 0 Å². The zero-order chi connectivity index (χ0) is 16.3. The Morgan fingerprint density at radius 3 is 2.59 bits per heavy atom. The maximum Gasteiger partial charge on any atom is 0.334 e. The molecule has 4 nitrogen and oxygen atoms in total. The predicted octanol–water partition coefficient (Wildman–Crippen LogP) is 2.48. The minimum Gasteiger partial charge on any atom is -0.458 e. The first-order valence-electron chi connectivity index (χ1n) is 7.37. The number of carbonyl (C=O) groups is 2. The van der Waals surface area contributed by atoms with Crippen LogP contribution in [-0.4, -0.2) is 28.9 Å². The molecule has 0 saturated heterocycles. The first-order chi connectivity index (χ1) is 10.3. The van der Waals surface area contributed by atoms with E-state index >= 15 is 0 Å². The van der Waals surface area contributed by atoms with E-state index < -0.39 is 17.6 Å². The largest absolute Gasteiger partial charge is 0.458 e. The number of esters is 1. The summed E-state index contributed by atoms with van der Waals surface area (Å²) in [5.74, 6) is 4.37. The molecule has 1 aliphatic rings. The second-order valence-electron chi connectivity index (χ2n) is 6.26. The van der Waals surface area contributed by atoms with Gasteiger partial charge >= 0.3 is 5.97 Å². The Morgan fingerprint density at radius 2 is 1.95 bits per heavy atom. The van der Waals surface area contributed by atoms with Crippen molar-refractivity contribution >= 4 is 11.9 Å². The molecule has 0 aliphatic carbocycles. The number of hydrogen-bond donors (Lipinski definition) is 0. The van der Waals surface area contributed by atoms with E-state index in [-0.39, 0.29) is 5.91 Å². The molecule has 0 aromatic heterocycles. The molecule has 1 aliphatic heterocycles. The molecule has 1 atom stereocenters. The molecule has 4 heteroatoms. The van der Waals surface area contributed by atoms with E-state index in [0.717, 1.165) is 11.1 Å². The van der Waals surface area contributed by atoms with Crippen molar-refractivity contribution in [2.75, 3.05) is 6.54 Å². The van der Waals surface area contributed by atoms with Gasteiger partial charge in [-0.3, -0.25) is 4.79 Å². The molecule has 1 unspecified atom stereocenters. The third-order valence-electron chi connectivity index (χ3n) is 3.41. The Bertz CT molecular complexity index is 646. The van der Waals surface area contributed by atoms with Crippen molar-refractivity contribution < 1.29 is 14.3 Å². The molecule has 0 spiro atoms. The van der Waals surface area contributed by atoms with Gasteiger partial charge < -0.3 is 9.64 Å². The summed E-state index contributed by atoms with van der Waals surface area (Å²) >= 11 is 0. The average Bonchev–Trinajstić information content (AvgIpc) is 2.44. The first kappa shape index (κ1) is 16.1. The van der Waals surface area contributed by atoms with Gasteiger partial charge in [0.25, 0.3) is 5.91 Å². The van der Waals surface area contributed by atoms with Crippen LogP contribution in [-0.2, 0) is 20.7 Å². The van der Waals surface area contributed by atoms with Gasteiger partial charge in [0.05, 0.1) is 0 Å². The molecular formula is C18H21NO3. The molecule has 1 heterocycles. The Morgan fingerprint density at radius 1 is 1.27 bits per heavy atom. The maximum atomic E-state index is 12.6. The molecule has 0 N–H and O–H groups in total. The topological polar surface area (TPSA) is 46.6 Å². The van der Waals surface area contributed by atoms with E-state index in [2.05, 4.69) is 11.8 Å². The normalized spacial score (nSPS) is 17.1. The number of rotatable bonds is 1. The third kappa shape index (κ3) is 3.48. The SMILES string of the molecule is CC#CC(=O)N1CCc2ccccc2C1C(=O)OC(C)(C)C. The number of amides is 1. The lowest BCUT2D eigenvalue weighted by atomic mass is 9.92. The third-order valence-corrected chi connectivity index (χ3v) is 3.41. The standard InChI is InChI=1S/C18H21NO3/c1-5-8-15(20)19-12-11-13-9-6-7-10-14(13)16(19)17(21)22-18(2,3)4/h6-7,9-10,16H,11-12H2,1-4H3. The van der Waals surface area contributed by atoms with Crippen LogP contribution in [0.5, 0.6) is 0 Å². The molecule has 2 rings (SSSR count). The van der Waals surface area contributed by atoms with Crippen LogP contribution in [0.25, 0.3) is 0 Å². The summed E-state index contributed by atoms with van der Waals surface area (Å²) in [6.07, 6.45) is 0.715. The van der Waals surface area contributed by atoms with Crippen molar-refractivity contribution in [3.05, 3.63) is 35.4 Å². The number of fused-ring (bicyclic) bond motifs is 1. The number of carbonyl (C=O) groups excluding carboxylic acids is 2. The van der Waals surface area contributed by atoms with Crippen molar-refractivity contribution in [2.24, 2.45) is 0 Å². The summed E-state index contributed by atoms with van der Waals surface area (Å²) in [5.41, 5.74) is 1.30. The lowest BCUT2D eigenvalue weighted by Gasteiger charge is -2.36. The Hall–Kier alpha value is -2.28. The van der Waals surface area contributed by atoms with Crippen LogP contribution in [0.15, 0.2) is 24.3 Å². The van der Waals surface area contributed by atoms with E-state index in [1.165, 1.54) is 4.90 Å². The fourth-order valence-electron chi connectivity index (χ4n) is 2.58. The van der Waals surface area contributed by atoms with Crippen molar-refractivity contribution in [3.8, 4) is 11.8 Å². The van der Waals surface area contributed by atoms with Gasteiger partial charge in [0.2, 0.25) is 0 Å². The minimum atomic E-state index is -0.725. The van der Waals surface area contributed by atoms with E-state index in [1.807, 2.05) is 45.0 Å². The van der Waals surface area contributed by atoms with Gasteiger partial charge in [0.15, 0.2) is 6.04 Å². The quantitative estimate of drug-likeness (QED) is 0.591. The molecule has 1 aromatic carbocycles. The van der Waals surface area contributed by atoms with Crippen LogP contribution >= 0.6 is 0 Å². The van der Waals surface area contributed by atoms with Crippen LogP contribution in [0, 0.1) is 11.8 Å². The van der Waals surface area contributed by atoms with E-state index in [9.17, 15) is 9.59 Å². The Kier molecular flexibility index (Phi) is 4.56. The van der Waals surface area contributed by atoms with Gasteiger partial charge in [-0.15, -0.1) is 0 Å². The van der Waals surface area contributed by atoms with E-state index in [1.54, 1.807) is 6.92 Å². The number of hydrogen-bond acceptors (Lipinski definition) is 3. The second-order valence-corrected chi connectivity index (χ2v) is 6.26. The van der Waals surface area contributed by atoms with Crippen LogP contribution in [0.4, 0.5) is 0 Å². The smallest absolute Gasteiger partial charge is 0.334 e. The molecule has 1 aromatic rings. The van der Waals surface area contributed by atoms with Gasteiger partial charge in [0.1, 0.15) is 5.60 Å². The fourth-order valence-corrected chi connectivity index (χ4v) is 2.58. The molecule has 0 saturated carbocycles. The van der Waals surface area contributed by atoms with E-state index in [0.29, 0.717) is 13.0 Å². The van der Waals surface area contributed by atoms with Gasteiger partial charge in [-0.1, -0.05) is 30.2 Å². The highest BCUT2D eigenvalue weighted by molar-refractivity contribution is 5.97. The fraction of sp³-hybridized carbons (Fsp3) is 0.444. The highest BCUT2D eigenvalue weighted by Crippen LogP contribution is 2.31. The minimum absolute atomic E-state index is 0.340. The Labute approximate surface area is 131 Å². The molecule has 0 fully saturated rings.